The first-order valence-corrected chi connectivity index (χ1v) is 32.9. The molecular formula is C66H81F6N19O21. The fourth-order valence-corrected chi connectivity index (χ4v) is 9.90. The summed E-state index contributed by atoms with van der Waals surface area (Å²) in [7, 11) is 4.25. The Morgan fingerprint density at radius 1 is 0.643 bits per heavy atom. The summed E-state index contributed by atoms with van der Waals surface area (Å²) in [5, 5.41) is 51.5. The summed E-state index contributed by atoms with van der Waals surface area (Å²) in [6.07, 6.45) is 3.08. The van der Waals surface area contributed by atoms with Crippen LogP contribution in [0.5, 0.6) is 5.75 Å². The number of aldehydes is 1. The molecule has 11 N–H and O–H groups in total. The number of amides is 4. The van der Waals surface area contributed by atoms with E-state index in [1.807, 2.05) is 0 Å². The molecule has 0 radical (unpaired) electrons. The number of hydrogen-bond donors (Lipinski definition) is 9. The lowest BCUT2D eigenvalue weighted by molar-refractivity contribution is -0.384. The number of terminal acetylenes is 3. The van der Waals surface area contributed by atoms with E-state index in [0.717, 1.165) is 25.3 Å². The molecule has 46 heteroatoms. The number of nitro groups is 1. The molecule has 0 aliphatic carbocycles. The number of ether oxygens (including phenoxy) is 10. The maximum absolute atomic E-state index is 14.3. The van der Waals surface area contributed by atoms with Crippen LogP contribution in [-0.2, 0) is 47.4 Å². The predicted molar refractivity (Wildman–Crippen MR) is 376 cm³/mol. The van der Waals surface area contributed by atoms with Crippen molar-refractivity contribution in [2.75, 3.05) is 70.5 Å². The number of fused-ring (bicyclic) bond motifs is 3. The predicted octanol–water partition coefficient (Wildman–Crippen LogP) is 6.11. The molecule has 4 aliphatic rings. The van der Waals surface area contributed by atoms with Crippen LogP contribution >= 0.6 is 0 Å². The van der Waals surface area contributed by atoms with Crippen molar-refractivity contribution in [2.24, 2.45) is 5.73 Å². The van der Waals surface area contributed by atoms with Crippen LogP contribution in [0.3, 0.4) is 0 Å². The van der Waals surface area contributed by atoms with E-state index in [9.17, 15) is 75.7 Å². The highest BCUT2D eigenvalue weighted by molar-refractivity contribution is 5.94. The number of nitrogen functional groups attached to an aromatic ring is 1. The van der Waals surface area contributed by atoms with E-state index in [1.165, 1.54) is 78.8 Å². The van der Waals surface area contributed by atoms with Gasteiger partial charge in [-0.1, -0.05) is 31.6 Å². The zero-order valence-corrected chi connectivity index (χ0v) is 61.5. The minimum Gasteiger partial charge on any atom is -0.445 e. The second-order valence-corrected chi connectivity index (χ2v) is 24.9. The number of imidazole rings is 3. The van der Waals surface area contributed by atoms with E-state index in [4.69, 9.17) is 78.5 Å². The van der Waals surface area contributed by atoms with Gasteiger partial charge in [-0.05, 0) is 73.6 Å². The number of alkyl halides is 3. The molecule has 112 heavy (non-hydrogen) atoms. The number of anilines is 3. The number of aliphatic hydroxyl groups is 3. The molecule has 10 heterocycles. The number of aromatic nitrogens is 12. The normalized spacial score (nSPS) is 21.5. The van der Waals surface area contributed by atoms with Gasteiger partial charge in [-0.2, -0.15) is 56.2 Å². The van der Waals surface area contributed by atoms with Gasteiger partial charge >= 0.3 is 54.9 Å². The largest absolute Gasteiger partial charge is 0.513 e. The molecule has 0 unspecified atom stereocenters. The first-order chi connectivity index (χ1) is 53.1. The van der Waals surface area contributed by atoms with Crippen molar-refractivity contribution < 1.29 is 124 Å². The Bertz CT molecular complexity index is 4580. The highest BCUT2D eigenvalue weighted by Crippen LogP contribution is 2.42. The van der Waals surface area contributed by atoms with Crippen LogP contribution in [0.25, 0.3) is 33.5 Å². The number of rotatable bonds is 13. The van der Waals surface area contributed by atoms with Crippen LogP contribution in [0.1, 0.15) is 108 Å². The quantitative estimate of drug-likeness (QED) is 0.00723. The second-order valence-electron chi connectivity index (χ2n) is 24.9. The molecule has 4 fully saturated rings. The van der Waals surface area contributed by atoms with Crippen LogP contribution in [0.15, 0.2) is 43.2 Å². The Morgan fingerprint density at radius 3 is 1.29 bits per heavy atom. The van der Waals surface area contributed by atoms with Crippen molar-refractivity contribution in [1.29, 1.82) is 0 Å². The number of halogens is 6. The summed E-state index contributed by atoms with van der Waals surface area (Å²) >= 11 is 0. The molecule has 11 rings (SSSR count). The number of nitrogens with zero attached hydrogens (tertiary/aromatic N) is 13. The number of nitrogens with two attached hydrogens (primary N) is 2. The van der Waals surface area contributed by atoms with Crippen LogP contribution in [-0.4, -0.2) is 222 Å². The number of non-ortho nitro benzene ring substituents is 1. The number of nitro benzene ring substituents is 1. The van der Waals surface area contributed by atoms with Crippen LogP contribution in [0.4, 0.5) is 73.5 Å². The molecule has 608 valence electrons. The summed E-state index contributed by atoms with van der Waals surface area (Å²) in [5.41, 5.74) is 3.58. The third kappa shape index (κ3) is 24.3. The molecule has 1 aromatic carbocycles. The van der Waals surface area contributed by atoms with Gasteiger partial charge in [0, 0.05) is 60.1 Å². The van der Waals surface area contributed by atoms with Crippen molar-refractivity contribution in [3.8, 4) is 42.8 Å². The number of carbonyl (C=O) groups is 6. The lowest BCUT2D eigenvalue weighted by atomic mass is 9.99. The Hall–Kier alpha value is -12.0. The Kier molecular flexibility index (Phi) is 31.4. The molecule has 9 atom stereocenters. The molecule has 7 aromatic rings. The number of hydrogen-bond acceptors (Lipinski definition) is 32. The summed E-state index contributed by atoms with van der Waals surface area (Å²) in [6.45, 7) is 12.9. The van der Waals surface area contributed by atoms with Gasteiger partial charge in [-0.25, -0.2) is 38.9 Å². The van der Waals surface area contributed by atoms with E-state index < -0.39 is 144 Å². The number of carbonyl (C=O) groups excluding carboxylic acids is 6. The van der Waals surface area contributed by atoms with E-state index in [1.54, 1.807) is 48.5 Å². The molecule has 4 amide bonds. The lowest BCUT2D eigenvalue weighted by Gasteiger charge is -2.25. The van der Waals surface area contributed by atoms with Crippen molar-refractivity contribution in [2.45, 2.75) is 159 Å². The van der Waals surface area contributed by atoms with Gasteiger partial charge in [0.15, 0.2) is 67.7 Å². The van der Waals surface area contributed by atoms with E-state index in [-0.39, 0.29) is 88.3 Å². The number of aliphatic hydroxyl groups excluding tert-OH is 3. The van der Waals surface area contributed by atoms with Crippen molar-refractivity contribution in [3.63, 3.8) is 0 Å². The highest BCUT2D eigenvalue weighted by Gasteiger charge is 2.52. The van der Waals surface area contributed by atoms with Crippen LogP contribution in [0.2, 0.25) is 0 Å². The van der Waals surface area contributed by atoms with Gasteiger partial charge in [0.05, 0.1) is 23.9 Å². The first-order valence-electron chi connectivity index (χ1n) is 33.6. The van der Waals surface area contributed by atoms with E-state index >= 15 is 0 Å². The first kappa shape index (κ1) is 88.9. The smallest absolute Gasteiger partial charge is 0.445 e. The third-order valence-corrected chi connectivity index (χ3v) is 14.9. The van der Waals surface area contributed by atoms with Gasteiger partial charge in [0.25, 0.3) is 5.69 Å². The second kappa shape index (κ2) is 39.6. The van der Waals surface area contributed by atoms with Gasteiger partial charge in [-0.3, -0.25) is 39.2 Å². The van der Waals surface area contributed by atoms with Crippen molar-refractivity contribution >= 4 is 93.4 Å². The maximum atomic E-state index is 14.3. The highest BCUT2D eigenvalue weighted by atomic mass is 19.4. The van der Waals surface area contributed by atoms with Crippen LogP contribution < -0.4 is 37.5 Å². The van der Waals surface area contributed by atoms with E-state index in [2.05, 4.69) is 89.6 Å². The maximum Gasteiger partial charge on any atom is 0.513 e. The SMILES string of the molecule is C#C[C@]1(COC(=O)NC)O[C@@H](n2cnc3c(N)nc(F)nc32)C[C@@H]1O.C#C[C@]1(COC(=O)NC)O[C@@H](n2cnc3c(NC(=O)OC(C)(C)C)nc(F)nc32)C[C@@H]1O.C#C[C@]1(COC(=O)Oc2ccc([N+](=O)[O-])cc2)O[C@@H](n2cnc3c(NC(=O)OC(C)(C)C)nc(F)nc32)C[C@@H]1O.C1CCOC1.CN.O=CC(F)(F)F.[2H]CC. The van der Waals surface area contributed by atoms with Gasteiger partial charge < -0.3 is 84.8 Å². The zero-order chi connectivity index (χ0) is 84.6. The third-order valence-electron chi connectivity index (χ3n) is 14.9. The number of benzene rings is 1. The summed E-state index contributed by atoms with van der Waals surface area (Å²) < 4.78 is 136. The molecule has 4 aliphatic heterocycles. The van der Waals surface area contributed by atoms with Gasteiger partial charge in [0.1, 0.15) is 73.8 Å². The average molecular weight is 1590 g/mol. The minimum atomic E-state index is -4.64. The monoisotopic (exact) mass is 1590 g/mol. The van der Waals surface area contributed by atoms with Crippen LogP contribution in [0, 0.1) is 65.4 Å². The zero-order valence-electron chi connectivity index (χ0n) is 62.5. The summed E-state index contributed by atoms with van der Waals surface area (Å²) in [6, 6.07) is 4.67. The Labute approximate surface area is 634 Å². The van der Waals surface area contributed by atoms with Gasteiger partial charge in [0.2, 0.25) is 6.29 Å². The Morgan fingerprint density at radius 2 is 0.982 bits per heavy atom. The molecule has 6 aromatic heterocycles. The molecule has 0 saturated carbocycles. The van der Waals surface area contributed by atoms with Crippen molar-refractivity contribution in [3.05, 3.63) is 71.6 Å². The van der Waals surface area contributed by atoms with Crippen molar-refractivity contribution in [1.82, 2.24) is 69.2 Å². The number of nitrogens with one attached hydrogen (secondary N) is 4. The topological polar surface area (TPSA) is 530 Å². The molecule has 40 nitrogen and oxygen atoms in total. The fourth-order valence-electron chi connectivity index (χ4n) is 9.90. The molecule has 0 bridgehead atoms. The lowest BCUT2D eigenvalue weighted by Crippen LogP contribution is -2.44. The molecule has 0 spiro atoms. The van der Waals surface area contributed by atoms with E-state index in [0.29, 0.717) is 6.90 Å². The minimum absolute atomic E-state index is 0.00600. The summed E-state index contributed by atoms with van der Waals surface area (Å²) in [5.74, 6) is 6.33. The standard InChI is InChI=1S/C24H23FN6O9.C19H23FN6O6.C14H15FN6O4.C4H8O.C2HF3O.C2H6.CH5N/c1-5-24(11-37-22(34)38-14-8-6-13(7-9-14)31(35)36)15(32)10-16(39-24)30-12-26-17-18(27-20(25)29-19(17)30)28-21(33)40-23(2,3)4;1-6-19(8-30-16(28)21-5)10(27)7-11(31-19)26-9-22-12-13(23-15(20)25-14(12)26)24-17(29)32-18(2,3)4;1-3-14(5-24-13(23)17-2)7(22)4-8(25-14)21-6-18-9-10(16)19-12(15)20-11(9)21;1-2-4-5-3-1;3-2(4,5)1-6;2*1-2/h1,6-9,12,15-16,32H,10-11H2,2-4H3,(H,27,28,29,33);1,9-11,27H,7-8H2,2-5H3,(H,21,28)(H,23,24,25,29);1,6-8,22H,4-5H2,2H3,(H,17,23)(H2,16,19,20);1-4H2;1H;1-2H3;2H2,1H3/t15-,16+,24+;10-,11+,19+;7-,8+,14+;;;;/m000..../s1/i;;;;;1D;. The molecule has 4 saturated heterocycles. The average Bonchev–Trinajstić information content (AvgIpc) is 1.62. The number of alkyl carbamates (subject to hydrolysis) is 2. The molecular weight excluding hydrogens is 1510 g/mol. The summed E-state index contributed by atoms with van der Waals surface area (Å²) in [4.78, 5) is 112. The fraction of sp³-hybridized carbons (Fsp3) is 0.500. The van der Waals surface area contributed by atoms with Gasteiger partial charge in [-0.15, -0.1) is 19.3 Å². The Balaban J connectivity index is 0.000000280.